The Kier molecular flexibility index (Phi) is 5.07. The Bertz CT molecular complexity index is 528. The third-order valence-corrected chi connectivity index (χ3v) is 2.90. The van der Waals surface area contributed by atoms with Gasteiger partial charge >= 0.3 is 0 Å². The van der Waals surface area contributed by atoms with E-state index in [2.05, 4.69) is 0 Å². The van der Waals surface area contributed by atoms with Crippen LogP contribution in [0.2, 0.25) is 5.02 Å². The van der Waals surface area contributed by atoms with Crippen LogP contribution in [0.5, 0.6) is 0 Å². The maximum atomic E-state index is 13.3. The molecule has 0 atom stereocenters. The molecule has 1 aromatic rings. The van der Waals surface area contributed by atoms with Gasteiger partial charge in [-0.05, 0) is 19.9 Å². The molecule has 0 aliphatic rings. The molecule has 0 spiro atoms. The van der Waals surface area contributed by atoms with E-state index < -0.39 is 10.7 Å². The summed E-state index contributed by atoms with van der Waals surface area (Å²) >= 11 is 5.68. The fraction of sp³-hybridized carbons (Fsp3) is 0.417. The van der Waals surface area contributed by atoms with Gasteiger partial charge in [0.25, 0.3) is 5.69 Å². The Hall–Kier alpha value is -1.87. The SMILES string of the molecule is CC(C)N(CCC#N)c1cc(Cl)c(F)cc1[N+](=O)[O-]. The minimum atomic E-state index is -0.832. The molecule has 0 aliphatic carbocycles. The summed E-state index contributed by atoms with van der Waals surface area (Å²) in [6, 6.07) is 3.94. The highest BCUT2D eigenvalue weighted by Gasteiger charge is 2.24. The number of nitro groups is 1. The number of halogens is 2. The first-order valence-corrected chi connectivity index (χ1v) is 6.03. The van der Waals surface area contributed by atoms with Crippen LogP contribution < -0.4 is 4.90 Å². The van der Waals surface area contributed by atoms with E-state index in [0.717, 1.165) is 6.07 Å². The molecule has 0 saturated carbocycles. The summed E-state index contributed by atoms with van der Waals surface area (Å²) in [5.41, 5.74) is -0.129. The molecule has 0 aromatic heterocycles. The quantitative estimate of drug-likeness (QED) is 0.613. The van der Waals surface area contributed by atoms with Crippen LogP contribution in [0.3, 0.4) is 0 Å². The average molecular weight is 286 g/mol. The Morgan fingerprint density at radius 2 is 2.21 bits per heavy atom. The van der Waals surface area contributed by atoms with Crippen LogP contribution in [0, 0.1) is 27.3 Å². The lowest BCUT2D eigenvalue weighted by Gasteiger charge is -2.27. The van der Waals surface area contributed by atoms with Crippen molar-refractivity contribution in [3.8, 4) is 6.07 Å². The van der Waals surface area contributed by atoms with Crippen LogP contribution in [0.15, 0.2) is 12.1 Å². The standard InChI is InChI=1S/C12H13ClFN3O2/c1-8(2)16(5-3-4-15)11-6-9(13)10(14)7-12(11)17(18)19/h6-8H,3,5H2,1-2H3. The number of benzene rings is 1. The van der Waals surface area contributed by atoms with Gasteiger partial charge in [0.2, 0.25) is 0 Å². The van der Waals surface area contributed by atoms with Crippen molar-refractivity contribution in [2.24, 2.45) is 0 Å². The number of nitrogens with zero attached hydrogens (tertiary/aromatic N) is 3. The topological polar surface area (TPSA) is 70.2 Å². The maximum absolute atomic E-state index is 13.3. The number of hydrogen-bond donors (Lipinski definition) is 0. The van der Waals surface area contributed by atoms with Gasteiger partial charge in [0, 0.05) is 12.6 Å². The summed E-state index contributed by atoms with van der Waals surface area (Å²) in [6.45, 7) is 3.98. The smallest absolute Gasteiger partial charge is 0.295 e. The Morgan fingerprint density at radius 3 is 2.68 bits per heavy atom. The zero-order chi connectivity index (χ0) is 14.6. The number of rotatable bonds is 5. The molecule has 0 aliphatic heterocycles. The first-order chi connectivity index (χ1) is 8.88. The van der Waals surface area contributed by atoms with Crippen LogP contribution >= 0.6 is 11.6 Å². The fourth-order valence-electron chi connectivity index (χ4n) is 1.73. The molecule has 0 amide bonds. The first kappa shape index (κ1) is 15.2. The highest BCUT2D eigenvalue weighted by Crippen LogP contribution is 2.34. The third-order valence-electron chi connectivity index (χ3n) is 2.61. The molecule has 0 fully saturated rings. The number of hydrogen-bond acceptors (Lipinski definition) is 4. The van der Waals surface area contributed by atoms with Crippen LogP contribution in [-0.4, -0.2) is 17.5 Å². The zero-order valence-corrected chi connectivity index (χ0v) is 11.3. The second kappa shape index (κ2) is 6.34. The highest BCUT2D eigenvalue weighted by atomic mass is 35.5. The van der Waals surface area contributed by atoms with Gasteiger partial charge in [0.15, 0.2) is 0 Å². The van der Waals surface area contributed by atoms with E-state index in [9.17, 15) is 14.5 Å². The molecule has 7 heteroatoms. The van der Waals surface area contributed by atoms with Crippen molar-refractivity contribution in [1.29, 1.82) is 5.26 Å². The van der Waals surface area contributed by atoms with E-state index in [0.29, 0.717) is 6.54 Å². The van der Waals surface area contributed by atoms with Crippen molar-refractivity contribution >= 4 is 23.0 Å². The van der Waals surface area contributed by atoms with Gasteiger partial charge in [-0.1, -0.05) is 11.6 Å². The second-order valence-corrected chi connectivity index (χ2v) is 4.61. The number of nitro benzene ring substituents is 1. The predicted octanol–water partition coefficient (Wildman–Crippen LogP) is 3.52. The van der Waals surface area contributed by atoms with Crippen molar-refractivity contribution in [2.45, 2.75) is 26.3 Å². The monoisotopic (exact) mass is 285 g/mol. The van der Waals surface area contributed by atoms with Crippen molar-refractivity contribution in [3.05, 3.63) is 33.1 Å². The predicted molar refractivity (Wildman–Crippen MR) is 70.8 cm³/mol. The summed E-state index contributed by atoms with van der Waals surface area (Å²) in [4.78, 5) is 12.0. The highest BCUT2D eigenvalue weighted by molar-refractivity contribution is 6.31. The van der Waals surface area contributed by atoms with Crippen LogP contribution in [-0.2, 0) is 0 Å². The lowest BCUT2D eigenvalue weighted by molar-refractivity contribution is -0.384. The summed E-state index contributed by atoms with van der Waals surface area (Å²) in [5.74, 6) is -0.832. The van der Waals surface area contributed by atoms with E-state index in [4.69, 9.17) is 16.9 Å². The summed E-state index contributed by atoms with van der Waals surface area (Å²) in [5, 5.41) is 19.4. The Balaban J connectivity index is 3.32. The largest absolute Gasteiger partial charge is 0.362 e. The van der Waals surface area contributed by atoms with Crippen LogP contribution in [0.1, 0.15) is 20.3 Å². The molecule has 0 heterocycles. The van der Waals surface area contributed by atoms with Gasteiger partial charge in [-0.2, -0.15) is 5.26 Å². The van der Waals surface area contributed by atoms with Crippen molar-refractivity contribution in [2.75, 3.05) is 11.4 Å². The molecular weight excluding hydrogens is 273 g/mol. The van der Waals surface area contributed by atoms with Gasteiger partial charge in [-0.15, -0.1) is 0 Å². The Labute approximate surface area is 115 Å². The molecule has 0 unspecified atom stereocenters. The molecular formula is C12H13ClFN3O2. The van der Waals surface area contributed by atoms with E-state index >= 15 is 0 Å². The number of anilines is 1. The van der Waals surface area contributed by atoms with Crippen LogP contribution in [0.4, 0.5) is 15.8 Å². The molecule has 1 rings (SSSR count). The zero-order valence-electron chi connectivity index (χ0n) is 10.6. The summed E-state index contributed by atoms with van der Waals surface area (Å²) < 4.78 is 13.3. The lowest BCUT2D eigenvalue weighted by Crippen LogP contribution is -2.32. The van der Waals surface area contributed by atoms with E-state index in [1.807, 2.05) is 19.9 Å². The Morgan fingerprint density at radius 1 is 1.58 bits per heavy atom. The van der Waals surface area contributed by atoms with Gasteiger partial charge in [0.1, 0.15) is 11.5 Å². The van der Waals surface area contributed by atoms with Gasteiger partial charge in [-0.3, -0.25) is 10.1 Å². The molecule has 5 nitrogen and oxygen atoms in total. The summed E-state index contributed by atoms with van der Waals surface area (Å²) in [7, 11) is 0. The van der Waals surface area contributed by atoms with Gasteiger partial charge in [-0.25, -0.2) is 4.39 Å². The molecule has 1 aromatic carbocycles. The van der Waals surface area contributed by atoms with Crippen molar-refractivity contribution in [1.82, 2.24) is 0 Å². The molecule has 19 heavy (non-hydrogen) atoms. The van der Waals surface area contributed by atoms with Gasteiger partial charge in [0.05, 0.1) is 28.5 Å². The normalized spacial score (nSPS) is 10.3. The molecule has 102 valence electrons. The van der Waals surface area contributed by atoms with E-state index in [1.54, 1.807) is 4.90 Å². The minimum Gasteiger partial charge on any atom is -0.362 e. The third kappa shape index (κ3) is 3.55. The second-order valence-electron chi connectivity index (χ2n) is 4.21. The van der Waals surface area contributed by atoms with Crippen LogP contribution in [0.25, 0.3) is 0 Å². The first-order valence-electron chi connectivity index (χ1n) is 5.65. The molecule has 0 saturated heterocycles. The van der Waals surface area contributed by atoms with Gasteiger partial charge < -0.3 is 4.90 Å². The fourth-order valence-corrected chi connectivity index (χ4v) is 1.89. The molecule has 0 N–H and O–H groups in total. The van der Waals surface area contributed by atoms with E-state index in [-0.39, 0.29) is 28.9 Å². The molecule has 0 radical (unpaired) electrons. The van der Waals surface area contributed by atoms with E-state index in [1.165, 1.54) is 6.07 Å². The van der Waals surface area contributed by atoms with Crippen molar-refractivity contribution < 1.29 is 9.31 Å². The molecule has 0 bridgehead atoms. The maximum Gasteiger partial charge on any atom is 0.295 e. The average Bonchev–Trinajstić information content (AvgIpc) is 2.32. The minimum absolute atomic E-state index is 0.0754. The summed E-state index contributed by atoms with van der Waals surface area (Å²) in [6.07, 6.45) is 0.213. The number of nitriles is 1. The lowest BCUT2D eigenvalue weighted by atomic mass is 10.2. The van der Waals surface area contributed by atoms with Crippen molar-refractivity contribution in [3.63, 3.8) is 0 Å².